The van der Waals surface area contributed by atoms with Crippen molar-refractivity contribution in [3.8, 4) is 5.75 Å². The second-order valence-electron chi connectivity index (χ2n) is 7.70. The minimum absolute atomic E-state index is 0.265. The number of benzene rings is 2. The van der Waals surface area contributed by atoms with E-state index in [0.29, 0.717) is 47.0 Å². The maximum atomic E-state index is 13.8. The number of hydrogen-bond acceptors (Lipinski definition) is 6. The first-order valence-electron chi connectivity index (χ1n) is 9.43. The molecule has 3 rings (SSSR count). The maximum Gasteiger partial charge on any atom is 0.328 e. The Morgan fingerprint density at radius 3 is 2.72 bits per heavy atom. The van der Waals surface area contributed by atoms with Gasteiger partial charge in [0.2, 0.25) is 0 Å². The van der Waals surface area contributed by atoms with Gasteiger partial charge in [-0.05, 0) is 62.9 Å². The van der Waals surface area contributed by atoms with Gasteiger partial charge in [-0.2, -0.15) is 0 Å². The molecule has 29 heavy (non-hydrogen) atoms. The van der Waals surface area contributed by atoms with E-state index in [4.69, 9.17) is 20.9 Å². The van der Waals surface area contributed by atoms with E-state index in [-0.39, 0.29) is 5.82 Å². The normalized spacial score (nSPS) is 14.5. The number of hydrogen-bond donors (Lipinski definition) is 3. The molecule has 0 bridgehead atoms. The number of halogens is 1. The van der Waals surface area contributed by atoms with Crippen molar-refractivity contribution < 1.29 is 18.7 Å². The first-order valence-corrected chi connectivity index (χ1v) is 9.43. The van der Waals surface area contributed by atoms with Gasteiger partial charge in [0.05, 0.1) is 5.69 Å². The van der Waals surface area contributed by atoms with E-state index < -0.39 is 17.6 Å². The lowest BCUT2D eigenvalue weighted by atomic mass is 9.98. The van der Waals surface area contributed by atoms with E-state index in [2.05, 4.69) is 5.32 Å². The summed E-state index contributed by atoms with van der Waals surface area (Å²) in [6, 6.07) is 10.8. The molecule has 1 unspecified atom stereocenters. The number of fused-ring (bicyclic) bond motifs is 1. The molecule has 1 aliphatic heterocycles. The zero-order valence-electron chi connectivity index (χ0n) is 16.8. The summed E-state index contributed by atoms with van der Waals surface area (Å²) < 4.78 is 25.0. The lowest BCUT2D eigenvalue weighted by Crippen LogP contribution is -2.34. The number of carbonyl (C=O) groups excluding carboxylic acids is 1. The summed E-state index contributed by atoms with van der Waals surface area (Å²) in [5.41, 5.74) is 13.0. The van der Waals surface area contributed by atoms with Crippen LogP contribution in [0.2, 0.25) is 0 Å². The lowest BCUT2D eigenvalue weighted by Gasteiger charge is -2.27. The first-order chi connectivity index (χ1) is 13.7. The van der Waals surface area contributed by atoms with Gasteiger partial charge in [-0.1, -0.05) is 24.3 Å². The van der Waals surface area contributed by atoms with Gasteiger partial charge < -0.3 is 26.3 Å². The number of aryl methyl sites for hydroxylation is 1. The highest BCUT2D eigenvalue weighted by Crippen LogP contribution is 2.33. The predicted molar refractivity (Wildman–Crippen MR) is 109 cm³/mol. The second kappa shape index (κ2) is 8.13. The van der Waals surface area contributed by atoms with Crippen LogP contribution in [-0.2, 0) is 16.0 Å². The standard InChI is InChI=1S/C22H26FN3O3/c1-13-20(25)26-17-12-15(8-9-18(17)28-13)19(24)21(27)29-22(2,3)11-10-14-6-4-5-7-16(14)23/h4-9,12,19,26H,10-11,24-25H2,1-3H3. The molecule has 1 heterocycles. The Hall–Kier alpha value is -3.06. The number of allylic oxidation sites excluding steroid dienone is 1. The number of nitrogens with two attached hydrogens (primary N) is 2. The molecule has 1 aliphatic rings. The Labute approximate surface area is 169 Å². The average Bonchev–Trinajstić information content (AvgIpc) is 2.67. The van der Waals surface area contributed by atoms with E-state index >= 15 is 0 Å². The van der Waals surface area contributed by atoms with Gasteiger partial charge in [-0.15, -0.1) is 0 Å². The van der Waals surface area contributed by atoms with Gasteiger partial charge in [0.1, 0.15) is 29.0 Å². The molecule has 1 atom stereocenters. The second-order valence-corrected chi connectivity index (χ2v) is 7.70. The molecule has 7 heteroatoms. The molecule has 5 N–H and O–H groups in total. The molecule has 0 aromatic heterocycles. The quantitative estimate of drug-likeness (QED) is 0.640. The van der Waals surface area contributed by atoms with Gasteiger partial charge in [-0.25, -0.2) is 9.18 Å². The summed E-state index contributed by atoms with van der Waals surface area (Å²) in [6.45, 7) is 5.33. The van der Waals surface area contributed by atoms with Crippen LogP contribution < -0.4 is 21.5 Å². The third-order valence-electron chi connectivity index (χ3n) is 4.86. The SMILES string of the molecule is CC1=C(N)Nc2cc(C(N)C(=O)OC(C)(C)CCc3ccccc3F)ccc2O1. The summed E-state index contributed by atoms with van der Waals surface area (Å²) in [5, 5.41) is 3.03. The molecule has 0 radical (unpaired) electrons. The molecule has 0 spiro atoms. The number of esters is 1. The summed E-state index contributed by atoms with van der Waals surface area (Å²) in [4.78, 5) is 12.6. The lowest BCUT2D eigenvalue weighted by molar-refractivity contribution is -0.158. The van der Waals surface area contributed by atoms with Crippen molar-refractivity contribution in [2.75, 3.05) is 5.32 Å². The van der Waals surface area contributed by atoms with Crippen LogP contribution in [0.4, 0.5) is 10.1 Å². The Morgan fingerprint density at radius 1 is 1.28 bits per heavy atom. The molecule has 0 fully saturated rings. The zero-order valence-corrected chi connectivity index (χ0v) is 16.8. The fourth-order valence-corrected chi connectivity index (χ4v) is 3.04. The summed E-state index contributed by atoms with van der Waals surface area (Å²) >= 11 is 0. The smallest absolute Gasteiger partial charge is 0.328 e. The Bertz CT molecular complexity index is 956. The van der Waals surface area contributed by atoms with Crippen LogP contribution in [0.15, 0.2) is 54.0 Å². The minimum atomic E-state index is -0.969. The van der Waals surface area contributed by atoms with Gasteiger partial charge >= 0.3 is 5.97 Å². The maximum absolute atomic E-state index is 13.8. The van der Waals surface area contributed by atoms with Crippen molar-refractivity contribution in [2.45, 2.75) is 45.3 Å². The number of rotatable bonds is 6. The molecule has 0 aliphatic carbocycles. The summed E-state index contributed by atoms with van der Waals surface area (Å²) in [5.74, 6) is 0.760. The van der Waals surface area contributed by atoms with Crippen molar-refractivity contribution in [3.05, 3.63) is 71.0 Å². The molecule has 0 amide bonds. The van der Waals surface area contributed by atoms with Crippen LogP contribution >= 0.6 is 0 Å². The number of ether oxygens (including phenoxy) is 2. The van der Waals surface area contributed by atoms with Gasteiger partial charge in [-0.3, -0.25) is 0 Å². The van der Waals surface area contributed by atoms with Crippen LogP contribution in [0.1, 0.15) is 44.4 Å². The first kappa shape index (κ1) is 20.7. The fraction of sp³-hybridized carbons (Fsp3) is 0.318. The third kappa shape index (κ3) is 4.86. The fourth-order valence-electron chi connectivity index (χ4n) is 3.04. The van der Waals surface area contributed by atoms with Gasteiger partial charge in [0.15, 0.2) is 5.75 Å². The predicted octanol–water partition coefficient (Wildman–Crippen LogP) is 3.73. The van der Waals surface area contributed by atoms with Crippen LogP contribution in [0, 0.1) is 5.82 Å². The molecule has 0 saturated heterocycles. The van der Waals surface area contributed by atoms with Gasteiger partial charge in [0, 0.05) is 0 Å². The van der Waals surface area contributed by atoms with Crippen molar-refractivity contribution >= 4 is 11.7 Å². The van der Waals surface area contributed by atoms with Crippen molar-refractivity contribution in [1.82, 2.24) is 0 Å². The number of nitrogens with one attached hydrogen (secondary N) is 1. The molecular weight excluding hydrogens is 373 g/mol. The summed E-state index contributed by atoms with van der Waals surface area (Å²) in [6.07, 6.45) is 0.917. The van der Waals surface area contributed by atoms with E-state index in [1.807, 2.05) is 0 Å². The van der Waals surface area contributed by atoms with Crippen molar-refractivity contribution in [2.24, 2.45) is 11.5 Å². The van der Waals surface area contributed by atoms with Crippen molar-refractivity contribution in [1.29, 1.82) is 0 Å². The zero-order chi connectivity index (χ0) is 21.2. The molecule has 154 valence electrons. The molecular formula is C22H26FN3O3. The molecule has 2 aromatic carbocycles. The average molecular weight is 399 g/mol. The largest absolute Gasteiger partial charge is 0.458 e. The summed E-state index contributed by atoms with van der Waals surface area (Å²) in [7, 11) is 0. The molecule has 2 aromatic rings. The number of anilines is 1. The van der Waals surface area contributed by atoms with Crippen LogP contribution in [-0.4, -0.2) is 11.6 Å². The van der Waals surface area contributed by atoms with Crippen LogP contribution in [0.3, 0.4) is 0 Å². The van der Waals surface area contributed by atoms with E-state index in [0.717, 1.165) is 0 Å². The third-order valence-corrected chi connectivity index (χ3v) is 4.86. The van der Waals surface area contributed by atoms with E-state index in [1.54, 1.807) is 57.2 Å². The molecule has 0 saturated carbocycles. The minimum Gasteiger partial charge on any atom is -0.458 e. The van der Waals surface area contributed by atoms with Crippen LogP contribution in [0.25, 0.3) is 0 Å². The highest BCUT2D eigenvalue weighted by Gasteiger charge is 2.28. The topological polar surface area (TPSA) is 99.6 Å². The Kier molecular flexibility index (Phi) is 5.79. The highest BCUT2D eigenvalue weighted by molar-refractivity contribution is 5.79. The van der Waals surface area contributed by atoms with Crippen LogP contribution in [0.5, 0.6) is 5.75 Å². The van der Waals surface area contributed by atoms with Gasteiger partial charge in [0.25, 0.3) is 0 Å². The monoisotopic (exact) mass is 399 g/mol. The van der Waals surface area contributed by atoms with E-state index in [9.17, 15) is 9.18 Å². The van der Waals surface area contributed by atoms with E-state index in [1.165, 1.54) is 6.07 Å². The number of carbonyl (C=O) groups is 1. The highest BCUT2D eigenvalue weighted by atomic mass is 19.1. The van der Waals surface area contributed by atoms with Crippen molar-refractivity contribution in [3.63, 3.8) is 0 Å². The molecule has 6 nitrogen and oxygen atoms in total. The Morgan fingerprint density at radius 2 is 2.00 bits per heavy atom. The Balaban J connectivity index is 1.64.